The second-order valence-electron chi connectivity index (χ2n) is 5.77. The first-order valence-electron chi connectivity index (χ1n) is 7.66. The molecule has 2 aromatic carbocycles. The van der Waals surface area contributed by atoms with Crippen LogP contribution in [0.25, 0.3) is 22.4 Å². The number of aliphatic hydroxyl groups is 1. The number of hydrogen-bond donors (Lipinski definition) is 1. The first-order valence-corrected chi connectivity index (χ1v) is 11.4. The maximum Gasteiger partial charge on any atom is 0.0809 e. The van der Waals surface area contributed by atoms with Gasteiger partial charge in [-0.2, -0.15) is 0 Å². The molecule has 12 heteroatoms. The molecule has 0 saturated heterocycles. The topological polar surface area (TPSA) is 33.1 Å². The third-order valence-electron chi connectivity index (χ3n) is 4.11. The number of aliphatic hydroxyl groups excluding tert-OH is 1. The predicted molar refractivity (Wildman–Crippen MR) is 131 cm³/mol. The van der Waals surface area contributed by atoms with Crippen LogP contribution in [0, 0.1) is 0 Å². The minimum absolute atomic E-state index is 0.0104. The van der Waals surface area contributed by atoms with E-state index in [9.17, 15) is 5.11 Å². The Balaban J connectivity index is 2.31. The second kappa shape index (κ2) is 9.75. The quantitative estimate of drug-likeness (QED) is 0.238. The minimum atomic E-state index is -0.417. The Morgan fingerprint density at radius 1 is 0.567 bits per heavy atom. The number of aromatic nitrogens is 1. The summed E-state index contributed by atoms with van der Waals surface area (Å²) in [6, 6.07) is 1.52. The molecule has 1 N–H and O–H groups in total. The van der Waals surface area contributed by atoms with Gasteiger partial charge in [-0.3, -0.25) is 4.98 Å². The summed E-state index contributed by atoms with van der Waals surface area (Å²) in [5.74, 6) is 0. The molecule has 1 heterocycles. The highest BCUT2D eigenvalue weighted by Crippen LogP contribution is 2.51. The van der Waals surface area contributed by atoms with E-state index in [-0.39, 0.29) is 67.0 Å². The Hall–Kier alpha value is 0.450. The van der Waals surface area contributed by atoms with E-state index < -0.39 is 6.61 Å². The highest BCUT2D eigenvalue weighted by Gasteiger charge is 2.25. The zero-order valence-electron chi connectivity index (χ0n) is 14.0. The van der Waals surface area contributed by atoms with Gasteiger partial charge in [0.15, 0.2) is 0 Å². The van der Waals surface area contributed by atoms with E-state index in [0.29, 0.717) is 11.1 Å². The van der Waals surface area contributed by atoms with Crippen molar-refractivity contribution < 1.29 is 5.11 Å². The molecule has 2 nitrogen and oxygen atoms in total. The zero-order valence-corrected chi connectivity index (χ0v) is 21.6. The monoisotopic (exact) mass is 601 g/mol. The van der Waals surface area contributed by atoms with Gasteiger partial charge in [-0.15, -0.1) is 0 Å². The van der Waals surface area contributed by atoms with Gasteiger partial charge in [-0.05, 0) is 11.6 Å². The van der Waals surface area contributed by atoms with Gasteiger partial charge in [-0.1, -0.05) is 116 Å². The van der Waals surface area contributed by atoms with E-state index >= 15 is 0 Å². The van der Waals surface area contributed by atoms with Crippen molar-refractivity contribution in [2.75, 3.05) is 0 Å². The number of rotatable bonds is 3. The fraction of sp³-hybridized carbons (Fsp3) is 0.0556. The summed E-state index contributed by atoms with van der Waals surface area (Å²) in [6.07, 6.45) is 1.40. The van der Waals surface area contributed by atoms with Crippen molar-refractivity contribution in [3.63, 3.8) is 0 Å². The van der Waals surface area contributed by atoms with Crippen molar-refractivity contribution in [3.05, 3.63) is 68.1 Å². The van der Waals surface area contributed by atoms with Gasteiger partial charge >= 0.3 is 0 Å². The molecule has 0 saturated carbocycles. The summed E-state index contributed by atoms with van der Waals surface area (Å²) < 4.78 is 0. The fourth-order valence-corrected chi connectivity index (χ4v) is 5.33. The number of benzene rings is 2. The maximum absolute atomic E-state index is 9.97. The van der Waals surface area contributed by atoms with Crippen molar-refractivity contribution in [1.82, 2.24) is 4.98 Å². The summed E-state index contributed by atoms with van der Waals surface area (Å²) in [7, 11) is 0. The van der Waals surface area contributed by atoms with Crippen LogP contribution in [0.1, 0.15) is 5.56 Å². The third kappa shape index (κ3) is 4.20. The molecular formula is C18H5Cl10NO. The summed E-state index contributed by atoms with van der Waals surface area (Å²) in [6.45, 7) is -0.417. The lowest BCUT2D eigenvalue weighted by Gasteiger charge is -2.17. The zero-order chi connectivity index (χ0) is 22.5. The molecule has 3 aromatic rings. The van der Waals surface area contributed by atoms with E-state index in [0.717, 1.165) is 0 Å². The molecule has 0 aliphatic carbocycles. The average molecular weight is 606 g/mol. The summed E-state index contributed by atoms with van der Waals surface area (Å²) in [5, 5.41) is 10.3. The molecular weight excluding hydrogens is 601 g/mol. The van der Waals surface area contributed by atoms with Crippen LogP contribution in [0.2, 0.25) is 50.2 Å². The fourth-order valence-electron chi connectivity index (χ4n) is 2.66. The molecule has 3 rings (SSSR count). The molecule has 0 spiro atoms. The Morgan fingerprint density at radius 3 is 1.33 bits per heavy atom. The highest BCUT2D eigenvalue weighted by molar-refractivity contribution is 6.57. The largest absolute Gasteiger partial charge is 0.392 e. The van der Waals surface area contributed by atoms with Gasteiger partial charge in [0.25, 0.3) is 0 Å². The minimum Gasteiger partial charge on any atom is -0.392 e. The van der Waals surface area contributed by atoms with Gasteiger partial charge in [0.05, 0.1) is 62.5 Å². The Morgan fingerprint density at radius 2 is 0.933 bits per heavy atom. The van der Waals surface area contributed by atoms with Crippen molar-refractivity contribution >= 4 is 116 Å². The van der Waals surface area contributed by atoms with Crippen LogP contribution in [-0.2, 0) is 6.61 Å². The van der Waals surface area contributed by atoms with E-state index in [2.05, 4.69) is 4.98 Å². The van der Waals surface area contributed by atoms with Gasteiger partial charge in [-0.25, -0.2) is 0 Å². The average Bonchev–Trinajstić information content (AvgIpc) is 2.74. The molecule has 0 aliphatic heterocycles. The van der Waals surface area contributed by atoms with Gasteiger partial charge < -0.3 is 5.11 Å². The number of pyridine rings is 1. The Labute approximate surface area is 221 Å². The maximum atomic E-state index is 9.97. The molecule has 0 atom stereocenters. The lowest BCUT2D eigenvalue weighted by Crippen LogP contribution is -1.97. The van der Waals surface area contributed by atoms with Crippen molar-refractivity contribution in [2.45, 2.75) is 6.61 Å². The standard InChI is InChI=1S/C18H5Cl10NO/c19-9-7(10(20)14(24)17(27)13(9)23)5-2-29-6(1-4(5)3-30)8-11(21)15(25)18(28)16(26)12(8)22/h1-2,30H,3H2. The van der Waals surface area contributed by atoms with E-state index in [4.69, 9.17) is 116 Å². The normalized spacial score (nSPS) is 11.3. The summed E-state index contributed by atoms with van der Waals surface area (Å²) in [4.78, 5) is 4.35. The van der Waals surface area contributed by atoms with Crippen LogP contribution in [0.4, 0.5) is 0 Å². The molecule has 0 amide bonds. The van der Waals surface area contributed by atoms with Crippen molar-refractivity contribution in [3.8, 4) is 22.4 Å². The Bertz CT molecular complexity index is 1140. The smallest absolute Gasteiger partial charge is 0.0809 e. The van der Waals surface area contributed by atoms with Crippen molar-refractivity contribution in [2.24, 2.45) is 0 Å². The molecule has 0 radical (unpaired) electrons. The molecule has 0 fully saturated rings. The van der Waals surface area contributed by atoms with Crippen LogP contribution in [0.3, 0.4) is 0 Å². The summed E-state index contributed by atoms with van der Waals surface area (Å²) in [5.41, 5.74) is 1.51. The molecule has 1 aromatic heterocycles. The molecule has 30 heavy (non-hydrogen) atoms. The van der Waals surface area contributed by atoms with Crippen LogP contribution >= 0.6 is 116 Å². The Kier molecular flexibility index (Phi) is 8.15. The lowest BCUT2D eigenvalue weighted by molar-refractivity contribution is 0.282. The number of hydrogen-bond acceptors (Lipinski definition) is 2. The molecule has 0 unspecified atom stereocenters. The molecule has 0 aliphatic rings. The van der Waals surface area contributed by atoms with Gasteiger partial charge in [0.2, 0.25) is 0 Å². The number of nitrogens with zero attached hydrogens (tertiary/aromatic N) is 1. The van der Waals surface area contributed by atoms with E-state index in [1.165, 1.54) is 12.3 Å². The van der Waals surface area contributed by atoms with Gasteiger partial charge in [0, 0.05) is 22.9 Å². The third-order valence-corrected chi connectivity index (χ3v) is 8.66. The van der Waals surface area contributed by atoms with Gasteiger partial charge in [0.1, 0.15) is 0 Å². The highest BCUT2D eigenvalue weighted by atomic mass is 35.5. The van der Waals surface area contributed by atoms with Crippen LogP contribution in [0.5, 0.6) is 0 Å². The summed E-state index contributed by atoms with van der Waals surface area (Å²) >= 11 is 62.0. The predicted octanol–water partition coefficient (Wildman–Crippen LogP) is 10.4. The van der Waals surface area contributed by atoms with Crippen molar-refractivity contribution in [1.29, 1.82) is 0 Å². The van der Waals surface area contributed by atoms with E-state index in [1.54, 1.807) is 0 Å². The first-order chi connectivity index (χ1) is 14.0. The van der Waals surface area contributed by atoms with Crippen LogP contribution in [0.15, 0.2) is 12.3 Å². The van der Waals surface area contributed by atoms with Crippen LogP contribution < -0.4 is 0 Å². The number of halogens is 10. The first kappa shape index (κ1) is 25.1. The molecule has 158 valence electrons. The van der Waals surface area contributed by atoms with Crippen LogP contribution in [-0.4, -0.2) is 10.1 Å². The second-order valence-corrected chi connectivity index (χ2v) is 9.55. The van der Waals surface area contributed by atoms with E-state index in [1.807, 2.05) is 0 Å². The SMILES string of the molecule is OCc1cc(-c2c(Cl)c(Cl)c(Cl)c(Cl)c2Cl)ncc1-c1c(Cl)c(Cl)c(Cl)c(Cl)c1Cl. The molecule has 0 bridgehead atoms. The lowest BCUT2D eigenvalue weighted by atomic mass is 9.99.